The van der Waals surface area contributed by atoms with Crippen LogP contribution >= 0.6 is 46.6 Å². The van der Waals surface area contributed by atoms with E-state index in [2.05, 4.69) is 22.9 Å². The molecule has 0 aromatic rings. The van der Waals surface area contributed by atoms with Gasteiger partial charge in [0, 0.05) is 12.2 Å². The number of aliphatic hydroxyl groups is 2. The van der Waals surface area contributed by atoms with Gasteiger partial charge in [-0.05, 0) is 18.6 Å². The minimum atomic E-state index is -1.95. The van der Waals surface area contributed by atoms with Crippen LogP contribution in [0.15, 0.2) is 0 Å². The Hall–Kier alpha value is -2.77. The number of unbranched alkanes of at least 4 members (excludes halogenated alkanes) is 18. The van der Waals surface area contributed by atoms with E-state index < -0.39 is 89.9 Å². The van der Waals surface area contributed by atoms with Gasteiger partial charge in [-0.3, -0.25) is 24.0 Å². The van der Waals surface area contributed by atoms with Crippen molar-refractivity contribution < 1.29 is 58.4 Å². The van der Waals surface area contributed by atoms with Crippen molar-refractivity contribution in [2.24, 2.45) is 5.73 Å². The lowest BCUT2D eigenvalue weighted by molar-refractivity contribution is -0.144. The molecule has 0 spiro atoms. The number of carbonyl (C=O) groups excluding carboxylic acids is 6. The number of thioether (sulfide) groups is 1. The summed E-state index contributed by atoms with van der Waals surface area (Å²) < 4.78 is 8.22. The molecule has 0 aromatic heterocycles. The van der Waals surface area contributed by atoms with E-state index in [-0.39, 0.29) is 18.3 Å². The van der Waals surface area contributed by atoms with Crippen LogP contribution in [0.5, 0.6) is 0 Å². The second-order valence-corrected chi connectivity index (χ2v) is 18.9. The molecule has 0 saturated heterocycles. The average molecular weight is 965 g/mol. The van der Waals surface area contributed by atoms with Crippen LogP contribution in [-0.4, -0.2) is 123 Å². The largest absolute Gasteiger partial charge is 0.480 e. The maximum atomic E-state index is 13.2. The summed E-state index contributed by atoms with van der Waals surface area (Å²) >= 11 is 18.1. The number of ether oxygens (including phenoxy) is 2. The monoisotopic (exact) mass is 963 g/mol. The molecule has 0 aliphatic rings. The highest BCUT2D eigenvalue weighted by molar-refractivity contribution is 7.99. The minimum Gasteiger partial charge on any atom is -0.480 e. The number of amides is 5. The zero-order valence-electron chi connectivity index (χ0n) is 36.2. The molecule has 0 unspecified atom stereocenters. The van der Waals surface area contributed by atoms with Crippen molar-refractivity contribution in [1.82, 2.24) is 21.3 Å². The Balaban J connectivity index is 4.59. The first-order chi connectivity index (χ1) is 29.5. The number of aliphatic carboxylic acids is 1. The third kappa shape index (κ3) is 33.7. The Kier molecular flexibility index (Phi) is 35.9. The van der Waals surface area contributed by atoms with E-state index in [4.69, 9.17) is 50.0 Å². The highest BCUT2D eigenvalue weighted by Crippen LogP contribution is 2.26. The Morgan fingerprint density at radius 3 is 1.42 bits per heavy atom. The molecular weight excluding hydrogens is 893 g/mol. The number of carboxylic acids is 1. The number of hydrogen-bond donors (Lipinski definition) is 8. The lowest BCUT2D eigenvalue weighted by atomic mass is 10.0. The first-order valence-corrected chi connectivity index (χ1v) is 24.2. The number of nitrogens with two attached hydrogens (primary N) is 1. The normalized spacial score (nSPS) is 13.3. The average Bonchev–Trinajstić information content (AvgIpc) is 3.21. The lowest BCUT2D eigenvalue weighted by Crippen LogP contribution is -2.60. The van der Waals surface area contributed by atoms with E-state index in [1.165, 1.54) is 108 Å². The van der Waals surface area contributed by atoms with Crippen LogP contribution in [-0.2, 0) is 38.2 Å². The molecule has 0 radical (unpaired) electrons. The van der Waals surface area contributed by atoms with E-state index in [9.17, 15) is 48.9 Å². The minimum absolute atomic E-state index is 0.0834. The Bertz CT molecular complexity index is 1300. The summed E-state index contributed by atoms with van der Waals surface area (Å²) in [5, 5.41) is 37.3. The summed E-state index contributed by atoms with van der Waals surface area (Å²) in [6.45, 7) is -0.297. The SMILES string of the molecule is CCCCCCCCCCCCCCCCCCCCCC(=O)OCCCSC[C@H](NC(=O)OCC(Cl)(Cl)Cl)C(=O)N[C@@H](CO)C(=O)N[C@@H](CO)C(=O)N[C@@H](CC(N)=O)C(=O)O. The quantitative estimate of drug-likeness (QED) is 0.0220. The first kappa shape index (κ1) is 59.2. The summed E-state index contributed by atoms with van der Waals surface area (Å²) in [6.07, 6.45) is 22.9. The number of rotatable bonds is 39. The number of alkyl halides is 3. The van der Waals surface area contributed by atoms with Gasteiger partial charge in [-0.1, -0.05) is 157 Å². The molecule has 360 valence electrons. The van der Waals surface area contributed by atoms with Gasteiger partial charge in [0.2, 0.25) is 27.4 Å². The third-order valence-electron chi connectivity index (χ3n) is 9.59. The van der Waals surface area contributed by atoms with Crippen LogP contribution in [0.4, 0.5) is 4.79 Å². The molecule has 21 heteroatoms. The first-order valence-electron chi connectivity index (χ1n) is 21.9. The molecule has 62 heavy (non-hydrogen) atoms. The molecule has 0 aliphatic carbocycles. The second-order valence-electron chi connectivity index (χ2n) is 15.2. The topological polar surface area (TPSA) is 273 Å². The highest BCUT2D eigenvalue weighted by atomic mass is 35.6. The summed E-state index contributed by atoms with van der Waals surface area (Å²) in [4.78, 5) is 85.8. The number of nitrogens with one attached hydrogen (secondary N) is 4. The van der Waals surface area contributed by atoms with Gasteiger partial charge in [-0.15, -0.1) is 0 Å². The maximum absolute atomic E-state index is 13.2. The molecule has 0 heterocycles. The zero-order chi connectivity index (χ0) is 46.6. The smallest absolute Gasteiger partial charge is 0.407 e. The number of esters is 1. The number of alkyl carbamates (subject to hydrolysis) is 1. The van der Waals surface area contributed by atoms with E-state index in [0.717, 1.165) is 25.7 Å². The molecular formula is C41H72Cl3N5O12S. The number of primary amides is 1. The molecule has 0 aromatic carbocycles. The van der Waals surface area contributed by atoms with Gasteiger partial charge in [-0.2, -0.15) is 11.8 Å². The third-order valence-corrected chi connectivity index (χ3v) is 11.1. The van der Waals surface area contributed by atoms with Crippen LogP contribution < -0.4 is 27.0 Å². The van der Waals surface area contributed by atoms with Crippen molar-refractivity contribution in [2.75, 3.05) is 37.9 Å². The van der Waals surface area contributed by atoms with Crippen molar-refractivity contribution in [3.63, 3.8) is 0 Å². The predicted molar refractivity (Wildman–Crippen MR) is 241 cm³/mol. The number of carbonyl (C=O) groups is 7. The van der Waals surface area contributed by atoms with Crippen LogP contribution in [0, 0.1) is 0 Å². The molecule has 0 aliphatic heterocycles. The van der Waals surface area contributed by atoms with Crippen molar-refractivity contribution >= 4 is 88.2 Å². The lowest BCUT2D eigenvalue weighted by Gasteiger charge is -2.24. The van der Waals surface area contributed by atoms with Crippen LogP contribution in [0.3, 0.4) is 0 Å². The fraction of sp³-hybridized carbons (Fsp3) is 0.829. The number of halogens is 3. The zero-order valence-corrected chi connectivity index (χ0v) is 39.3. The fourth-order valence-electron chi connectivity index (χ4n) is 6.09. The van der Waals surface area contributed by atoms with Gasteiger partial charge in [0.1, 0.15) is 30.8 Å². The van der Waals surface area contributed by atoms with Gasteiger partial charge < -0.3 is 51.8 Å². The van der Waals surface area contributed by atoms with Crippen molar-refractivity contribution in [3.8, 4) is 0 Å². The summed E-state index contributed by atoms with van der Waals surface area (Å²) in [7, 11) is 0. The summed E-state index contributed by atoms with van der Waals surface area (Å²) in [6, 6.07) is -6.61. The molecule has 4 atom stereocenters. The van der Waals surface area contributed by atoms with Gasteiger partial charge in [0.25, 0.3) is 0 Å². The Morgan fingerprint density at radius 2 is 1.02 bits per heavy atom. The Labute approximate surface area is 386 Å². The van der Waals surface area contributed by atoms with Crippen LogP contribution in [0.2, 0.25) is 0 Å². The maximum Gasteiger partial charge on any atom is 0.407 e. The number of hydrogen-bond acceptors (Lipinski definition) is 12. The Morgan fingerprint density at radius 1 is 0.597 bits per heavy atom. The molecule has 0 rings (SSSR count). The molecule has 0 bridgehead atoms. The van der Waals surface area contributed by atoms with E-state index in [0.29, 0.717) is 18.6 Å². The van der Waals surface area contributed by atoms with E-state index in [1.807, 2.05) is 5.32 Å². The number of aliphatic hydroxyl groups excluding tert-OH is 2. The standard InChI is InChI=1S/C41H72Cl3N5O12S/c1-2-3-4-5-6-7-8-9-10-11-12-13-14-15-16-17-18-19-20-22-35(53)60-23-21-24-62-28-33(49-40(59)61-29-41(42,43)44)38(56)48-32(27-51)37(55)47-31(26-50)36(54)46-30(39(57)58)25-34(45)52/h30-33,50-51H,2-29H2,1H3,(H2,45,52)(H,46,54)(H,47,55)(H,48,56)(H,49,59)(H,57,58)/t30-,31-,32-,33-/m0/s1. The van der Waals surface area contributed by atoms with Crippen LogP contribution in [0.25, 0.3) is 0 Å². The van der Waals surface area contributed by atoms with Crippen LogP contribution in [0.1, 0.15) is 148 Å². The molecule has 9 N–H and O–H groups in total. The highest BCUT2D eigenvalue weighted by Gasteiger charge is 2.32. The second kappa shape index (κ2) is 37.6. The molecule has 0 fully saturated rings. The fourth-order valence-corrected chi connectivity index (χ4v) is 7.21. The molecule has 17 nitrogen and oxygen atoms in total. The van der Waals surface area contributed by atoms with Crippen molar-refractivity contribution in [3.05, 3.63) is 0 Å². The van der Waals surface area contributed by atoms with Crippen molar-refractivity contribution in [1.29, 1.82) is 0 Å². The summed E-state index contributed by atoms with van der Waals surface area (Å²) in [5.74, 6) is -5.96. The molecule has 0 saturated carbocycles. The van der Waals surface area contributed by atoms with E-state index >= 15 is 0 Å². The van der Waals surface area contributed by atoms with Gasteiger partial charge in [0.15, 0.2) is 0 Å². The van der Waals surface area contributed by atoms with E-state index in [1.54, 1.807) is 0 Å². The molecule has 5 amide bonds. The van der Waals surface area contributed by atoms with Crippen molar-refractivity contribution in [2.45, 2.75) is 176 Å². The number of carboxylic acid groups (broad SMARTS) is 1. The predicted octanol–water partition coefficient (Wildman–Crippen LogP) is 5.34. The summed E-state index contributed by atoms with van der Waals surface area (Å²) in [5.41, 5.74) is 5.00. The van der Waals surface area contributed by atoms with Gasteiger partial charge in [-0.25, -0.2) is 9.59 Å². The van der Waals surface area contributed by atoms with Gasteiger partial charge >= 0.3 is 18.0 Å². The van der Waals surface area contributed by atoms with Gasteiger partial charge in [0.05, 0.1) is 26.2 Å².